The van der Waals surface area contributed by atoms with Gasteiger partial charge in [0.2, 0.25) is 0 Å². The minimum atomic E-state index is 0.296. The average molecular weight is 198 g/mol. The van der Waals surface area contributed by atoms with Crippen molar-refractivity contribution in [3.05, 3.63) is 41.4 Å². The van der Waals surface area contributed by atoms with Crippen LogP contribution in [-0.2, 0) is 6.54 Å². The van der Waals surface area contributed by atoms with Gasteiger partial charge < -0.3 is 10.4 Å². The molecule has 0 radical (unpaired) electrons. The normalized spacial score (nSPS) is 10.8. The number of rotatable bonds is 4. The maximum Gasteiger partial charge on any atom is 0.115 e. The highest BCUT2D eigenvalue weighted by atomic mass is 35.5. The van der Waals surface area contributed by atoms with Gasteiger partial charge in [0, 0.05) is 18.6 Å². The first-order chi connectivity index (χ1) is 6.33. The molecule has 0 spiro atoms. The van der Waals surface area contributed by atoms with Gasteiger partial charge in [0.05, 0.1) is 0 Å². The summed E-state index contributed by atoms with van der Waals surface area (Å²) in [5, 5.41) is 12.2. The summed E-state index contributed by atoms with van der Waals surface area (Å²) >= 11 is 5.35. The van der Waals surface area contributed by atoms with Crippen LogP contribution >= 0.6 is 11.6 Å². The van der Waals surface area contributed by atoms with Crippen LogP contribution in [0.25, 0.3) is 0 Å². The van der Waals surface area contributed by atoms with Crippen molar-refractivity contribution in [3.8, 4) is 5.75 Å². The molecule has 0 saturated carbocycles. The Morgan fingerprint density at radius 2 is 2.00 bits per heavy atom. The lowest BCUT2D eigenvalue weighted by atomic mass is 10.2. The Kier molecular flexibility index (Phi) is 4.36. The van der Waals surface area contributed by atoms with Crippen LogP contribution < -0.4 is 5.32 Å². The lowest BCUT2D eigenvalue weighted by molar-refractivity contribution is 0.475. The molecule has 1 rings (SSSR count). The van der Waals surface area contributed by atoms with E-state index in [0.29, 0.717) is 5.75 Å². The van der Waals surface area contributed by atoms with Gasteiger partial charge in [-0.1, -0.05) is 29.8 Å². The summed E-state index contributed by atoms with van der Waals surface area (Å²) in [6, 6.07) is 7.11. The number of hydrogen-bond donors (Lipinski definition) is 2. The van der Waals surface area contributed by atoms with E-state index in [1.54, 1.807) is 12.1 Å². The van der Waals surface area contributed by atoms with Crippen molar-refractivity contribution in [2.75, 3.05) is 6.54 Å². The highest BCUT2D eigenvalue weighted by molar-refractivity contribution is 6.25. The molecular formula is C10H12ClNO. The summed E-state index contributed by atoms with van der Waals surface area (Å²) in [5.74, 6) is 0.296. The topological polar surface area (TPSA) is 32.3 Å². The van der Waals surface area contributed by atoms with E-state index in [1.807, 2.05) is 18.2 Å². The molecule has 2 nitrogen and oxygen atoms in total. The molecular weight excluding hydrogens is 186 g/mol. The van der Waals surface area contributed by atoms with Crippen molar-refractivity contribution in [1.82, 2.24) is 5.32 Å². The molecule has 0 amide bonds. The second-order valence-corrected chi connectivity index (χ2v) is 2.91. The van der Waals surface area contributed by atoms with Crippen LogP contribution in [0.1, 0.15) is 5.56 Å². The van der Waals surface area contributed by atoms with Crippen LogP contribution in [-0.4, -0.2) is 11.7 Å². The van der Waals surface area contributed by atoms with Crippen molar-refractivity contribution in [2.24, 2.45) is 0 Å². The van der Waals surface area contributed by atoms with E-state index in [4.69, 9.17) is 16.7 Å². The molecule has 70 valence electrons. The SMILES string of the molecule is Oc1ccc(CNC/C=C/Cl)cc1. The van der Waals surface area contributed by atoms with Gasteiger partial charge >= 0.3 is 0 Å². The van der Waals surface area contributed by atoms with Gasteiger partial charge in [-0.3, -0.25) is 0 Å². The second kappa shape index (κ2) is 5.62. The Bertz CT molecular complexity index is 269. The zero-order chi connectivity index (χ0) is 9.52. The van der Waals surface area contributed by atoms with E-state index >= 15 is 0 Å². The lowest BCUT2D eigenvalue weighted by Gasteiger charge is -2.01. The summed E-state index contributed by atoms with van der Waals surface area (Å²) in [6.07, 6.45) is 1.84. The van der Waals surface area contributed by atoms with Crippen LogP contribution in [0.2, 0.25) is 0 Å². The summed E-state index contributed by atoms with van der Waals surface area (Å²) in [5.41, 5.74) is 2.63. The van der Waals surface area contributed by atoms with Crippen LogP contribution in [0.3, 0.4) is 0 Å². The van der Waals surface area contributed by atoms with Gasteiger partial charge in [-0.2, -0.15) is 0 Å². The van der Waals surface area contributed by atoms with E-state index in [-0.39, 0.29) is 0 Å². The van der Waals surface area contributed by atoms with Gasteiger partial charge in [0.25, 0.3) is 0 Å². The maximum absolute atomic E-state index is 9.02. The Morgan fingerprint density at radius 3 is 2.62 bits per heavy atom. The highest BCUT2D eigenvalue weighted by Gasteiger charge is 1.90. The van der Waals surface area contributed by atoms with Gasteiger partial charge in [-0.25, -0.2) is 0 Å². The fourth-order valence-corrected chi connectivity index (χ4v) is 1.05. The molecule has 1 aromatic rings. The molecule has 2 N–H and O–H groups in total. The molecule has 0 aromatic heterocycles. The first kappa shape index (κ1) is 10.1. The van der Waals surface area contributed by atoms with Crippen LogP contribution in [0.4, 0.5) is 0 Å². The molecule has 3 heteroatoms. The lowest BCUT2D eigenvalue weighted by Crippen LogP contribution is -2.12. The fraction of sp³-hybridized carbons (Fsp3) is 0.200. The van der Waals surface area contributed by atoms with Gasteiger partial charge in [-0.05, 0) is 17.7 Å². The summed E-state index contributed by atoms with van der Waals surface area (Å²) in [6.45, 7) is 1.53. The van der Waals surface area contributed by atoms with Crippen molar-refractivity contribution in [3.63, 3.8) is 0 Å². The largest absolute Gasteiger partial charge is 0.508 e. The van der Waals surface area contributed by atoms with Crippen molar-refractivity contribution < 1.29 is 5.11 Å². The number of aromatic hydroxyl groups is 1. The molecule has 0 aliphatic heterocycles. The van der Waals surface area contributed by atoms with E-state index in [0.717, 1.165) is 18.7 Å². The third kappa shape index (κ3) is 3.97. The monoisotopic (exact) mass is 197 g/mol. The predicted octanol–water partition coefficient (Wildman–Crippen LogP) is 2.23. The minimum absolute atomic E-state index is 0.296. The zero-order valence-electron chi connectivity index (χ0n) is 7.20. The Balaban J connectivity index is 2.33. The Morgan fingerprint density at radius 1 is 1.31 bits per heavy atom. The number of phenolic OH excluding ortho intramolecular Hbond substituents is 1. The Labute approximate surface area is 82.8 Å². The maximum atomic E-state index is 9.02. The van der Waals surface area contributed by atoms with E-state index in [2.05, 4.69) is 5.32 Å². The third-order valence-corrected chi connectivity index (χ3v) is 1.79. The molecule has 0 heterocycles. The molecule has 0 aliphatic carbocycles. The molecule has 0 atom stereocenters. The summed E-state index contributed by atoms with van der Waals surface area (Å²) in [7, 11) is 0. The van der Waals surface area contributed by atoms with Gasteiger partial charge in [-0.15, -0.1) is 0 Å². The first-order valence-corrected chi connectivity index (χ1v) is 4.50. The first-order valence-electron chi connectivity index (χ1n) is 4.07. The van der Waals surface area contributed by atoms with Crippen LogP contribution in [0.5, 0.6) is 5.75 Å². The number of hydrogen-bond acceptors (Lipinski definition) is 2. The minimum Gasteiger partial charge on any atom is -0.508 e. The number of phenols is 1. The molecule has 0 saturated heterocycles. The van der Waals surface area contributed by atoms with Gasteiger partial charge in [0.15, 0.2) is 0 Å². The number of benzene rings is 1. The number of nitrogens with one attached hydrogen (secondary N) is 1. The molecule has 13 heavy (non-hydrogen) atoms. The summed E-state index contributed by atoms with van der Waals surface area (Å²) in [4.78, 5) is 0. The predicted molar refractivity (Wildman–Crippen MR) is 54.8 cm³/mol. The fourth-order valence-electron chi connectivity index (χ4n) is 0.958. The van der Waals surface area contributed by atoms with Crippen molar-refractivity contribution >= 4 is 11.6 Å². The van der Waals surface area contributed by atoms with Crippen LogP contribution in [0.15, 0.2) is 35.9 Å². The zero-order valence-corrected chi connectivity index (χ0v) is 7.96. The molecule has 0 fully saturated rings. The second-order valence-electron chi connectivity index (χ2n) is 2.66. The molecule has 0 bridgehead atoms. The highest BCUT2D eigenvalue weighted by Crippen LogP contribution is 2.08. The standard InChI is InChI=1S/C10H12ClNO/c11-6-1-7-12-8-9-2-4-10(13)5-3-9/h1-6,12-13H,7-8H2/b6-1+. The van der Waals surface area contributed by atoms with Gasteiger partial charge in [0.1, 0.15) is 5.75 Å². The van der Waals surface area contributed by atoms with Crippen molar-refractivity contribution in [1.29, 1.82) is 0 Å². The third-order valence-electron chi connectivity index (χ3n) is 1.62. The molecule has 0 aliphatic rings. The van der Waals surface area contributed by atoms with E-state index in [1.165, 1.54) is 5.54 Å². The molecule has 0 unspecified atom stereocenters. The smallest absolute Gasteiger partial charge is 0.115 e. The van der Waals surface area contributed by atoms with E-state index in [9.17, 15) is 0 Å². The summed E-state index contributed by atoms with van der Waals surface area (Å²) < 4.78 is 0. The van der Waals surface area contributed by atoms with Crippen molar-refractivity contribution in [2.45, 2.75) is 6.54 Å². The Hall–Kier alpha value is -0.990. The quantitative estimate of drug-likeness (QED) is 0.726. The number of halogens is 1. The van der Waals surface area contributed by atoms with Crippen LogP contribution in [0, 0.1) is 0 Å². The molecule has 1 aromatic carbocycles. The average Bonchev–Trinajstić information content (AvgIpc) is 2.15. The van der Waals surface area contributed by atoms with E-state index < -0.39 is 0 Å².